The van der Waals surface area contributed by atoms with Gasteiger partial charge in [-0.15, -0.1) is 0 Å². The first-order chi connectivity index (χ1) is 7.84. The van der Waals surface area contributed by atoms with Gasteiger partial charge in [0, 0.05) is 19.2 Å². The van der Waals surface area contributed by atoms with Crippen molar-refractivity contribution in [1.82, 2.24) is 5.32 Å². The van der Waals surface area contributed by atoms with Crippen LogP contribution in [0.25, 0.3) is 0 Å². The summed E-state index contributed by atoms with van der Waals surface area (Å²) in [6.45, 7) is 5.45. The fourth-order valence-corrected chi connectivity index (χ4v) is 3.00. The quantitative estimate of drug-likeness (QED) is 0.750. The first-order valence-corrected chi connectivity index (χ1v) is 7.15. The molecule has 0 aromatic rings. The van der Waals surface area contributed by atoms with Crippen LogP contribution in [-0.2, 0) is 4.74 Å². The lowest BCUT2D eigenvalue weighted by molar-refractivity contribution is 0.184. The van der Waals surface area contributed by atoms with E-state index in [0.29, 0.717) is 6.04 Å². The standard InChI is InChI=1S/C14H27NO/c1-12(6-7-13-4-2-3-5-13)15-10-14-8-9-16-11-14/h12-15H,2-11H2,1H3. The van der Waals surface area contributed by atoms with Gasteiger partial charge in [0.05, 0.1) is 6.61 Å². The van der Waals surface area contributed by atoms with Crippen LogP contribution < -0.4 is 5.32 Å². The van der Waals surface area contributed by atoms with Gasteiger partial charge in [-0.05, 0) is 38.0 Å². The molecule has 2 rings (SSSR count). The molecule has 1 aliphatic carbocycles. The summed E-state index contributed by atoms with van der Waals surface area (Å²) in [5.74, 6) is 1.81. The zero-order valence-corrected chi connectivity index (χ0v) is 10.7. The van der Waals surface area contributed by atoms with Crippen molar-refractivity contribution < 1.29 is 4.74 Å². The van der Waals surface area contributed by atoms with Gasteiger partial charge in [0.15, 0.2) is 0 Å². The second-order valence-electron chi connectivity index (χ2n) is 5.77. The predicted octanol–water partition coefficient (Wildman–Crippen LogP) is 2.97. The molecule has 1 aliphatic heterocycles. The van der Waals surface area contributed by atoms with Crippen molar-refractivity contribution in [2.24, 2.45) is 11.8 Å². The Morgan fingerprint density at radius 3 is 2.69 bits per heavy atom. The fourth-order valence-electron chi connectivity index (χ4n) is 3.00. The van der Waals surface area contributed by atoms with Gasteiger partial charge >= 0.3 is 0 Å². The molecule has 94 valence electrons. The van der Waals surface area contributed by atoms with Crippen LogP contribution >= 0.6 is 0 Å². The molecular formula is C14H27NO. The molecule has 0 radical (unpaired) electrons. The lowest BCUT2D eigenvalue weighted by atomic mass is 9.99. The van der Waals surface area contributed by atoms with E-state index in [-0.39, 0.29) is 0 Å². The van der Waals surface area contributed by atoms with Crippen LogP contribution in [0, 0.1) is 11.8 Å². The molecule has 1 saturated heterocycles. The minimum atomic E-state index is 0.696. The molecule has 1 N–H and O–H groups in total. The Morgan fingerprint density at radius 1 is 1.19 bits per heavy atom. The molecular weight excluding hydrogens is 198 g/mol. The molecule has 2 fully saturated rings. The molecule has 0 bridgehead atoms. The van der Waals surface area contributed by atoms with Crippen LogP contribution in [-0.4, -0.2) is 25.8 Å². The minimum Gasteiger partial charge on any atom is -0.381 e. The Morgan fingerprint density at radius 2 is 2.00 bits per heavy atom. The minimum absolute atomic E-state index is 0.696. The Balaban J connectivity index is 1.51. The van der Waals surface area contributed by atoms with Gasteiger partial charge in [0.2, 0.25) is 0 Å². The lowest BCUT2D eigenvalue weighted by Gasteiger charge is -2.18. The summed E-state index contributed by atoms with van der Waals surface area (Å²) < 4.78 is 5.39. The monoisotopic (exact) mass is 225 g/mol. The van der Waals surface area contributed by atoms with Crippen molar-refractivity contribution in [2.75, 3.05) is 19.8 Å². The van der Waals surface area contributed by atoms with E-state index in [1.807, 2.05) is 0 Å². The zero-order valence-electron chi connectivity index (χ0n) is 10.7. The molecule has 0 amide bonds. The third-order valence-electron chi connectivity index (χ3n) is 4.26. The molecule has 2 unspecified atom stereocenters. The number of rotatable bonds is 6. The summed E-state index contributed by atoms with van der Waals surface area (Å²) in [6, 6.07) is 0.696. The Kier molecular flexibility index (Phi) is 5.11. The maximum atomic E-state index is 5.39. The number of ether oxygens (including phenoxy) is 1. The highest BCUT2D eigenvalue weighted by atomic mass is 16.5. The summed E-state index contributed by atoms with van der Waals surface area (Å²) >= 11 is 0. The van der Waals surface area contributed by atoms with Gasteiger partial charge in [-0.1, -0.05) is 25.7 Å². The van der Waals surface area contributed by atoms with E-state index in [1.54, 1.807) is 0 Å². The van der Waals surface area contributed by atoms with Crippen molar-refractivity contribution in [3.63, 3.8) is 0 Å². The van der Waals surface area contributed by atoms with Crippen molar-refractivity contribution in [1.29, 1.82) is 0 Å². The third-order valence-corrected chi connectivity index (χ3v) is 4.26. The van der Waals surface area contributed by atoms with Gasteiger partial charge in [0.1, 0.15) is 0 Å². The van der Waals surface area contributed by atoms with E-state index in [4.69, 9.17) is 4.74 Å². The van der Waals surface area contributed by atoms with Crippen molar-refractivity contribution in [3.8, 4) is 0 Å². The first kappa shape index (κ1) is 12.4. The van der Waals surface area contributed by atoms with Crippen LogP contribution in [0.3, 0.4) is 0 Å². The molecule has 2 nitrogen and oxygen atoms in total. The maximum absolute atomic E-state index is 5.39. The van der Waals surface area contributed by atoms with E-state index in [1.165, 1.54) is 44.9 Å². The molecule has 16 heavy (non-hydrogen) atoms. The van der Waals surface area contributed by atoms with E-state index in [2.05, 4.69) is 12.2 Å². The fraction of sp³-hybridized carbons (Fsp3) is 1.00. The van der Waals surface area contributed by atoms with Gasteiger partial charge in [-0.2, -0.15) is 0 Å². The second-order valence-corrected chi connectivity index (χ2v) is 5.77. The van der Waals surface area contributed by atoms with Crippen LogP contribution in [0.1, 0.15) is 51.9 Å². The summed E-state index contributed by atoms with van der Waals surface area (Å²) in [5, 5.41) is 3.67. The Hall–Kier alpha value is -0.0800. The van der Waals surface area contributed by atoms with Crippen LogP contribution in [0.5, 0.6) is 0 Å². The SMILES string of the molecule is CC(CCC1CCCC1)NCC1CCOC1. The number of nitrogens with one attached hydrogen (secondary N) is 1. The van der Waals surface area contributed by atoms with E-state index >= 15 is 0 Å². The van der Waals surface area contributed by atoms with Crippen molar-refractivity contribution in [2.45, 2.75) is 57.9 Å². The molecule has 2 aliphatic rings. The molecule has 0 aromatic carbocycles. The summed E-state index contributed by atoms with van der Waals surface area (Å²) in [4.78, 5) is 0. The number of hydrogen-bond acceptors (Lipinski definition) is 2. The first-order valence-electron chi connectivity index (χ1n) is 7.15. The van der Waals surface area contributed by atoms with Crippen LogP contribution in [0.4, 0.5) is 0 Å². The highest BCUT2D eigenvalue weighted by Gasteiger charge is 2.18. The second kappa shape index (κ2) is 6.61. The van der Waals surface area contributed by atoms with E-state index in [0.717, 1.165) is 31.6 Å². The van der Waals surface area contributed by atoms with E-state index in [9.17, 15) is 0 Å². The molecule has 2 heteroatoms. The predicted molar refractivity (Wildman–Crippen MR) is 67.6 cm³/mol. The molecule has 1 heterocycles. The highest BCUT2D eigenvalue weighted by molar-refractivity contribution is 4.73. The zero-order chi connectivity index (χ0) is 11.2. The van der Waals surface area contributed by atoms with Gasteiger partial charge in [-0.3, -0.25) is 0 Å². The third kappa shape index (κ3) is 4.06. The lowest BCUT2D eigenvalue weighted by Crippen LogP contribution is -2.31. The van der Waals surface area contributed by atoms with Crippen molar-refractivity contribution >= 4 is 0 Å². The molecule has 0 aromatic heterocycles. The average Bonchev–Trinajstić information content (AvgIpc) is 2.96. The van der Waals surface area contributed by atoms with Gasteiger partial charge in [-0.25, -0.2) is 0 Å². The average molecular weight is 225 g/mol. The maximum Gasteiger partial charge on any atom is 0.0507 e. The van der Waals surface area contributed by atoms with Crippen molar-refractivity contribution in [3.05, 3.63) is 0 Å². The van der Waals surface area contributed by atoms with E-state index < -0.39 is 0 Å². The van der Waals surface area contributed by atoms with Crippen LogP contribution in [0.2, 0.25) is 0 Å². The summed E-state index contributed by atoms with van der Waals surface area (Å²) in [7, 11) is 0. The normalized spacial score (nSPS) is 28.7. The Labute approximate surface area is 100 Å². The Bertz CT molecular complexity index is 163. The molecule has 2 atom stereocenters. The van der Waals surface area contributed by atoms with Crippen LogP contribution in [0.15, 0.2) is 0 Å². The summed E-state index contributed by atoms with van der Waals surface area (Å²) in [6.07, 6.45) is 9.99. The summed E-state index contributed by atoms with van der Waals surface area (Å²) in [5.41, 5.74) is 0. The van der Waals surface area contributed by atoms with Gasteiger partial charge < -0.3 is 10.1 Å². The topological polar surface area (TPSA) is 21.3 Å². The largest absolute Gasteiger partial charge is 0.381 e. The van der Waals surface area contributed by atoms with Gasteiger partial charge in [0.25, 0.3) is 0 Å². The molecule has 0 spiro atoms. The number of hydrogen-bond donors (Lipinski definition) is 1. The smallest absolute Gasteiger partial charge is 0.0507 e. The highest BCUT2D eigenvalue weighted by Crippen LogP contribution is 2.28. The molecule has 1 saturated carbocycles.